The molecule has 0 spiro atoms. The summed E-state index contributed by atoms with van der Waals surface area (Å²) in [5.41, 5.74) is 0.708. The molecule has 140 valence electrons. The Hall–Kier alpha value is -1.82. The maximum absolute atomic E-state index is 11.8. The van der Waals surface area contributed by atoms with E-state index in [1.54, 1.807) is 0 Å². The second-order valence-electron chi connectivity index (χ2n) is 8.14. The highest BCUT2D eigenvalue weighted by atomic mass is 16.3. The molecule has 0 aromatic carbocycles. The monoisotopic (exact) mass is 348 g/mol. The van der Waals surface area contributed by atoms with Gasteiger partial charge in [0.2, 0.25) is 0 Å². The minimum absolute atomic E-state index is 0.236. The zero-order valence-electron chi connectivity index (χ0n) is 15.9. The third-order valence-corrected chi connectivity index (χ3v) is 4.83. The maximum Gasteiger partial charge on any atom is 0.315 e. The predicted octanol–water partition coefficient (Wildman–Crippen LogP) is 2.52. The minimum atomic E-state index is -0.577. The number of carbonyl (C=O) groups is 1. The molecular formula is C19H32N4O2. The molecule has 3 N–H and O–H groups in total. The van der Waals surface area contributed by atoms with E-state index in [0.29, 0.717) is 6.54 Å². The fourth-order valence-electron chi connectivity index (χ4n) is 2.69. The number of aliphatic hydroxyl groups excluding tert-OH is 1. The summed E-state index contributed by atoms with van der Waals surface area (Å²) in [4.78, 5) is 18.7. The number of urea groups is 1. The number of piperidine rings is 1. The van der Waals surface area contributed by atoms with E-state index >= 15 is 0 Å². The van der Waals surface area contributed by atoms with Crippen LogP contribution in [0.15, 0.2) is 18.3 Å². The molecule has 1 aromatic rings. The van der Waals surface area contributed by atoms with Crippen LogP contribution >= 0.6 is 0 Å². The van der Waals surface area contributed by atoms with Crippen molar-refractivity contribution in [3.05, 3.63) is 23.9 Å². The number of amides is 2. The number of aliphatic hydroxyl groups is 1. The van der Waals surface area contributed by atoms with Crippen LogP contribution in [0.3, 0.4) is 0 Å². The van der Waals surface area contributed by atoms with Crippen molar-refractivity contribution in [2.75, 3.05) is 24.5 Å². The third kappa shape index (κ3) is 6.20. The summed E-state index contributed by atoms with van der Waals surface area (Å²) < 4.78 is 0. The molecule has 0 saturated carbocycles. The largest absolute Gasteiger partial charge is 0.391 e. The van der Waals surface area contributed by atoms with Gasteiger partial charge < -0.3 is 20.6 Å². The number of aromatic nitrogens is 1. The number of carbonyl (C=O) groups excluding carboxylic acids is 1. The van der Waals surface area contributed by atoms with Crippen LogP contribution in [0.5, 0.6) is 0 Å². The van der Waals surface area contributed by atoms with E-state index in [0.717, 1.165) is 30.4 Å². The van der Waals surface area contributed by atoms with E-state index in [1.165, 1.54) is 12.8 Å². The highest BCUT2D eigenvalue weighted by Gasteiger charge is 2.22. The van der Waals surface area contributed by atoms with Crippen LogP contribution < -0.4 is 15.5 Å². The molecule has 0 radical (unpaired) electrons. The molecule has 2 rings (SSSR count). The SMILES string of the molecule is CC1CCN(c2ccc(CNC(=O)NCC(O)C(C)(C)C)cn2)CC1. The van der Waals surface area contributed by atoms with Crippen LogP contribution in [0.2, 0.25) is 0 Å². The van der Waals surface area contributed by atoms with Gasteiger partial charge in [0.1, 0.15) is 5.82 Å². The summed E-state index contributed by atoms with van der Waals surface area (Å²) in [6.07, 6.45) is 3.67. The number of hydrogen-bond acceptors (Lipinski definition) is 4. The molecule has 0 bridgehead atoms. The zero-order chi connectivity index (χ0) is 18.4. The first-order chi connectivity index (χ1) is 11.8. The van der Waals surface area contributed by atoms with Crippen LogP contribution in [0, 0.1) is 11.3 Å². The Bertz CT molecular complexity index is 546. The number of nitrogens with one attached hydrogen (secondary N) is 2. The molecule has 1 aromatic heterocycles. The van der Waals surface area contributed by atoms with E-state index in [1.807, 2.05) is 39.1 Å². The molecule has 1 saturated heterocycles. The molecule has 6 nitrogen and oxygen atoms in total. The standard InChI is InChI=1S/C19H32N4O2/c1-14-7-9-23(10-8-14)17-6-5-15(11-20-17)12-21-18(25)22-13-16(24)19(2,3)4/h5-6,11,14,16,24H,7-10,12-13H2,1-4H3,(H2,21,22,25). The van der Waals surface area contributed by atoms with Gasteiger partial charge in [-0.15, -0.1) is 0 Å². The number of nitrogens with zero attached hydrogens (tertiary/aromatic N) is 2. The van der Waals surface area contributed by atoms with Crippen molar-refractivity contribution >= 4 is 11.8 Å². The highest BCUT2D eigenvalue weighted by molar-refractivity contribution is 5.73. The van der Waals surface area contributed by atoms with Gasteiger partial charge in [0.05, 0.1) is 6.10 Å². The quantitative estimate of drug-likeness (QED) is 0.764. The van der Waals surface area contributed by atoms with E-state index in [4.69, 9.17) is 0 Å². The lowest BCUT2D eigenvalue weighted by atomic mass is 9.89. The summed E-state index contributed by atoms with van der Waals surface area (Å²) in [6, 6.07) is 3.75. The second kappa shape index (κ2) is 8.52. The van der Waals surface area contributed by atoms with Crippen molar-refractivity contribution in [2.24, 2.45) is 11.3 Å². The zero-order valence-corrected chi connectivity index (χ0v) is 15.9. The summed E-state index contributed by atoms with van der Waals surface area (Å²) in [7, 11) is 0. The van der Waals surface area contributed by atoms with Gasteiger partial charge in [0.25, 0.3) is 0 Å². The number of anilines is 1. The predicted molar refractivity (Wildman–Crippen MR) is 101 cm³/mol. The van der Waals surface area contributed by atoms with Crippen molar-refractivity contribution < 1.29 is 9.90 Å². The van der Waals surface area contributed by atoms with Crippen LogP contribution in [0.4, 0.5) is 10.6 Å². The number of hydrogen-bond donors (Lipinski definition) is 3. The van der Waals surface area contributed by atoms with E-state index in [2.05, 4.69) is 27.4 Å². The Morgan fingerprint density at radius 3 is 2.56 bits per heavy atom. The topological polar surface area (TPSA) is 77.5 Å². The van der Waals surface area contributed by atoms with Crippen molar-refractivity contribution in [3.8, 4) is 0 Å². The van der Waals surface area contributed by atoms with Crippen molar-refractivity contribution in [3.63, 3.8) is 0 Å². The lowest BCUT2D eigenvalue weighted by Gasteiger charge is -2.31. The average molecular weight is 348 g/mol. The summed E-state index contributed by atoms with van der Waals surface area (Å²) in [6.45, 7) is 10.9. The van der Waals surface area contributed by atoms with Gasteiger partial charge in [-0.2, -0.15) is 0 Å². The molecule has 25 heavy (non-hydrogen) atoms. The highest BCUT2D eigenvalue weighted by Crippen LogP contribution is 2.21. The van der Waals surface area contributed by atoms with Gasteiger partial charge in [-0.25, -0.2) is 9.78 Å². The molecular weight excluding hydrogens is 316 g/mol. The molecule has 1 fully saturated rings. The lowest BCUT2D eigenvalue weighted by Crippen LogP contribution is -2.43. The molecule has 1 unspecified atom stereocenters. The molecule has 1 atom stereocenters. The molecule has 1 aliphatic rings. The van der Waals surface area contributed by atoms with Crippen molar-refractivity contribution in [2.45, 2.75) is 53.2 Å². The van der Waals surface area contributed by atoms with Gasteiger partial charge >= 0.3 is 6.03 Å². The van der Waals surface area contributed by atoms with E-state index in [-0.39, 0.29) is 18.0 Å². The van der Waals surface area contributed by atoms with E-state index < -0.39 is 6.10 Å². The smallest absolute Gasteiger partial charge is 0.315 e. The second-order valence-corrected chi connectivity index (χ2v) is 8.14. The maximum atomic E-state index is 11.8. The van der Waals surface area contributed by atoms with Crippen LogP contribution in [0.1, 0.15) is 46.1 Å². The Balaban J connectivity index is 1.75. The Kier molecular flexibility index (Phi) is 6.64. The first-order valence-corrected chi connectivity index (χ1v) is 9.15. The summed E-state index contributed by atoms with van der Waals surface area (Å²) in [5.74, 6) is 1.81. The first-order valence-electron chi connectivity index (χ1n) is 9.15. The fraction of sp³-hybridized carbons (Fsp3) is 0.684. The van der Waals surface area contributed by atoms with Crippen LogP contribution in [-0.2, 0) is 6.54 Å². The molecule has 2 heterocycles. The molecule has 0 aliphatic carbocycles. The molecule has 1 aliphatic heterocycles. The van der Waals surface area contributed by atoms with Gasteiger partial charge in [0.15, 0.2) is 0 Å². The minimum Gasteiger partial charge on any atom is -0.391 e. The van der Waals surface area contributed by atoms with Crippen molar-refractivity contribution in [1.82, 2.24) is 15.6 Å². The molecule has 6 heteroatoms. The average Bonchev–Trinajstić information content (AvgIpc) is 2.58. The van der Waals surface area contributed by atoms with Gasteiger partial charge in [-0.1, -0.05) is 33.8 Å². The van der Waals surface area contributed by atoms with Gasteiger partial charge in [0, 0.05) is 32.4 Å². The number of rotatable bonds is 5. The molecule has 2 amide bonds. The third-order valence-electron chi connectivity index (χ3n) is 4.83. The Morgan fingerprint density at radius 2 is 2.00 bits per heavy atom. The normalized spacial score (nSPS) is 17.2. The fourth-order valence-corrected chi connectivity index (χ4v) is 2.69. The number of pyridine rings is 1. The Morgan fingerprint density at radius 1 is 1.32 bits per heavy atom. The summed E-state index contributed by atoms with van der Waals surface area (Å²) >= 11 is 0. The van der Waals surface area contributed by atoms with Crippen molar-refractivity contribution in [1.29, 1.82) is 0 Å². The van der Waals surface area contributed by atoms with Crippen LogP contribution in [0.25, 0.3) is 0 Å². The Labute approximate surface area is 151 Å². The van der Waals surface area contributed by atoms with Gasteiger partial charge in [-0.05, 0) is 35.8 Å². The van der Waals surface area contributed by atoms with Gasteiger partial charge in [-0.3, -0.25) is 0 Å². The lowest BCUT2D eigenvalue weighted by molar-refractivity contribution is 0.0650. The van der Waals surface area contributed by atoms with E-state index in [9.17, 15) is 9.90 Å². The first kappa shape index (κ1) is 19.5. The summed E-state index contributed by atoms with van der Waals surface area (Å²) in [5, 5.41) is 15.4. The van der Waals surface area contributed by atoms with Crippen LogP contribution in [-0.4, -0.2) is 41.9 Å².